The molecule has 0 amide bonds. The fraction of sp³-hybridized carbons (Fsp3) is 0.308. The molecule has 84 valence electrons. The first-order valence-corrected chi connectivity index (χ1v) is 5.29. The van der Waals surface area contributed by atoms with Gasteiger partial charge in [0.2, 0.25) is 0 Å². The van der Waals surface area contributed by atoms with Gasteiger partial charge in [-0.3, -0.25) is 0 Å². The molecule has 16 heavy (non-hydrogen) atoms. The third-order valence-electron chi connectivity index (χ3n) is 2.57. The highest BCUT2D eigenvalue weighted by Crippen LogP contribution is 2.36. The molecule has 0 fully saturated rings. The number of para-hydroxylation sites is 1. The Hall–Kier alpha value is -1.77. The summed E-state index contributed by atoms with van der Waals surface area (Å²) in [6.07, 6.45) is 3.12. The number of oxazole rings is 1. The van der Waals surface area contributed by atoms with Crippen molar-refractivity contribution in [1.29, 1.82) is 0 Å². The fourth-order valence-corrected chi connectivity index (χ4v) is 1.78. The van der Waals surface area contributed by atoms with Gasteiger partial charge in [0.05, 0.1) is 18.9 Å². The first-order valence-electron chi connectivity index (χ1n) is 5.29. The Labute approximate surface area is 95.1 Å². The number of rotatable bonds is 3. The average Bonchev–Trinajstić information content (AvgIpc) is 2.81. The molecule has 0 bridgehead atoms. The summed E-state index contributed by atoms with van der Waals surface area (Å²) in [6, 6.07) is 6.06. The number of hydrogen-bond donors (Lipinski definition) is 0. The zero-order valence-corrected chi connectivity index (χ0v) is 9.73. The summed E-state index contributed by atoms with van der Waals surface area (Å²) in [5.41, 5.74) is 2.13. The maximum absolute atomic E-state index is 5.47. The van der Waals surface area contributed by atoms with Gasteiger partial charge in [0, 0.05) is 0 Å². The molecule has 0 saturated carbocycles. The predicted molar refractivity (Wildman–Crippen MR) is 62.6 cm³/mol. The van der Waals surface area contributed by atoms with Gasteiger partial charge in [-0.05, 0) is 17.5 Å². The minimum atomic E-state index is 0.415. The largest absolute Gasteiger partial charge is 0.496 e. The van der Waals surface area contributed by atoms with Crippen molar-refractivity contribution in [1.82, 2.24) is 4.98 Å². The van der Waals surface area contributed by atoms with Crippen molar-refractivity contribution in [3.8, 4) is 17.1 Å². The Morgan fingerprint density at radius 3 is 2.69 bits per heavy atom. The van der Waals surface area contributed by atoms with Crippen LogP contribution >= 0.6 is 0 Å². The van der Waals surface area contributed by atoms with Crippen LogP contribution in [-0.2, 0) is 0 Å². The maximum atomic E-state index is 5.47. The molecule has 0 aliphatic heterocycles. The average molecular weight is 217 g/mol. The smallest absolute Gasteiger partial charge is 0.181 e. The first-order chi connectivity index (χ1) is 7.74. The van der Waals surface area contributed by atoms with Crippen molar-refractivity contribution in [3.63, 3.8) is 0 Å². The van der Waals surface area contributed by atoms with E-state index in [1.807, 2.05) is 12.1 Å². The van der Waals surface area contributed by atoms with E-state index >= 15 is 0 Å². The van der Waals surface area contributed by atoms with Gasteiger partial charge < -0.3 is 9.15 Å². The Bertz CT molecular complexity index is 461. The summed E-state index contributed by atoms with van der Waals surface area (Å²) >= 11 is 0. The van der Waals surface area contributed by atoms with Crippen LogP contribution in [-0.4, -0.2) is 12.1 Å². The van der Waals surface area contributed by atoms with E-state index in [0.717, 1.165) is 17.1 Å². The molecule has 3 heteroatoms. The van der Waals surface area contributed by atoms with Gasteiger partial charge in [-0.15, -0.1) is 0 Å². The molecular weight excluding hydrogens is 202 g/mol. The first kappa shape index (κ1) is 10.7. The van der Waals surface area contributed by atoms with Gasteiger partial charge in [0.15, 0.2) is 12.2 Å². The second-order valence-corrected chi connectivity index (χ2v) is 3.95. The second-order valence-electron chi connectivity index (χ2n) is 3.95. The summed E-state index contributed by atoms with van der Waals surface area (Å²) in [6.45, 7) is 4.28. The number of ether oxygens (including phenoxy) is 1. The van der Waals surface area contributed by atoms with Crippen LogP contribution < -0.4 is 4.74 Å². The Morgan fingerprint density at radius 2 is 2.12 bits per heavy atom. The normalized spacial score (nSPS) is 10.8. The van der Waals surface area contributed by atoms with Crippen LogP contribution in [0.3, 0.4) is 0 Å². The van der Waals surface area contributed by atoms with Crippen LogP contribution in [0.4, 0.5) is 0 Å². The van der Waals surface area contributed by atoms with E-state index in [1.165, 1.54) is 12.0 Å². The van der Waals surface area contributed by atoms with E-state index < -0.39 is 0 Å². The lowest BCUT2D eigenvalue weighted by Gasteiger charge is -2.14. The third kappa shape index (κ3) is 1.81. The van der Waals surface area contributed by atoms with Crippen molar-refractivity contribution < 1.29 is 9.15 Å². The van der Waals surface area contributed by atoms with Crippen LogP contribution in [0.15, 0.2) is 35.2 Å². The highest BCUT2D eigenvalue weighted by Gasteiger charge is 2.14. The van der Waals surface area contributed by atoms with E-state index in [-0.39, 0.29) is 0 Å². The van der Waals surface area contributed by atoms with Gasteiger partial charge >= 0.3 is 0 Å². The molecule has 0 radical (unpaired) electrons. The summed E-state index contributed by atoms with van der Waals surface area (Å²) in [4.78, 5) is 3.93. The van der Waals surface area contributed by atoms with Crippen LogP contribution in [0.5, 0.6) is 5.75 Å². The fourth-order valence-electron chi connectivity index (χ4n) is 1.78. The monoisotopic (exact) mass is 217 g/mol. The van der Waals surface area contributed by atoms with Gasteiger partial charge in [0.25, 0.3) is 0 Å². The van der Waals surface area contributed by atoms with Crippen LogP contribution in [0.25, 0.3) is 11.3 Å². The lowest BCUT2D eigenvalue weighted by atomic mass is 9.98. The summed E-state index contributed by atoms with van der Waals surface area (Å²) in [5, 5.41) is 0. The summed E-state index contributed by atoms with van der Waals surface area (Å²) in [5.74, 6) is 2.02. The number of nitrogens with zero attached hydrogens (tertiary/aromatic N) is 1. The maximum Gasteiger partial charge on any atom is 0.181 e. The molecule has 0 N–H and O–H groups in total. The molecule has 2 aromatic rings. The van der Waals surface area contributed by atoms with E-state index in [9.17, 15) is 0 Å². The minimum Gasteiger partial charge on any atom is -0.496 e. The zero-order valence-electron chi connectivity index (χ0n) is 9.73. The van der Waals surface area contributed by atoms with E-state index in [4.69, 9.17) is 9.15 Å². The van der Waals surface area contributed by atoms with Crippen LogP contribution in [0.1, 0.15) is 25.3 Å². The molecule has 0 saturated heterocycles. The Balaban J connectivity index is 2.58. The quantitative estimate of drug-likeness (QED) is 0.789. The molecule has 0 aliphatic carbocycles. The molecule has 0 atom stereocenters. The van der Waals surface area contributed by atoms with Crippen LogP contribution in [0.2, 0.25) is 0 Å². The minimum absolute atomic E-state index is 0.415. The number of methoxy groups -OCH3 is 1. The van der Waals surface area contributed by atoms with Crippen molar-refractivity contribution in [2.24, 2.45) is 0 Å². The lowest BCUT2D eigenvalue weighted by Crippen LogP contribution is -1.96. The number of hydrogen-bond acceptors (Lipinski definition) is 3. The van der Waals surface area contributed by atoms with Crippen molar-refractivity contribution in [2.75, 3.05) is 7.11 Å². The predicted octanol–water partition coefficient (Wildman–Crippen LogP) is 3.47. The molecule has 1 aromatic heterocycles. The van der Waals surface area contributed by atoms with E-state index in [2.05, 4.69) is 24.9 Å². The van der Waals surface area contributed by atoms with Crippen molar-refractivity contribution >= 4 is 0 Å². The summed E-state index contributed by atoms with van der Waals surface area (Å²) in [7, 11) is 1.68. The standard InChI is InChI=1S/C13H15NO2/c1-9(2)10-5-4-6-11(13(10)15-3)12-7-14-8-16-12/h4-9H,1-3H3. The highest BCUT2D eigenvalue weighted by molar-refractivity contribution is 5.67. The van der Waals surface area contributed by atoms with Crippen LogP contribution in [0, 0.1) is 0 Å². The molecule has 3 nitrogen and oxygen atoms in total. The Morgan fingerprint density at radius 1 is 1.31 bits per heavy atom. The van der Waals surface area contributed by atoms with Gasteiger partial charge in [-0.2, -0.15) is 0 Å². The highest BCUT2D eigenvalue weighted by atomic mass is 16.5. The summed E-state index contributed by atoms with van der Waals surface area (Å²) < 4.78 is 10.8. The SMILES string of the molecule is COc1c(-c2cnco2)cccc1C(C)C. The topological polar surface area (TPSA) is 35.3 Å². The van der Waals surface area contributed by atoms with Gasteiger partial charge in [-0.25, -0.2) is 4.98 Å². The molecule has 2 rings (SSSR count). The molecule has 0 unspecified atom stereocenters. The van der Waals surface area contributed by atoms with Gasteiger partial charge in [0.1, 0.15) is 5.75 Å². The Kier molecular flexibility index (Phi) is 2.95. The number of benzene rings is 1. The number of aromatic nitrogens is 1. The van der Waals surface area contributed by atoms with E-state index in [1.54, 1.807) is 13.3 Å². The van der Waals surface area contributed by atoms with E-state index in [0.29, 0.717) is 5.92 Å². The third-order valence-corrected chi connectivity index (χ3v) is 2.57. The molecular formula is C13H15NO2. The van der Waals surface area contributed by atoms with Gasteiger partial charge in [-0.1, -0.05) is 26.0 Å². The molecule has 0 aliphatic rings. The lowest BCUT2D eigenvalue weighted by molar-refractivity contribution is 0.407. The zero-order chi connectivity index (χ0) is 11.5. The van der Waals surface area contributed by atoms with Crippen molar-refractivity contribution in [3.05, 3.63) is 36.4 Å². The molecule has 0 spiro atoms. The second kappa shape index (κ2) is 4.39. The van der Waals surface area contributed by atoms with Crippen molar-refractivity contribution in [2.45, 2.75) is 19.8 Å². The molecule has 1 aromatic carbocycles. The molecule has 1 heterocycles.